The van der Waals surface area contributed by atoms with Crippen LogP contribution in [0.3, 0.4) is 0 Å². The van der Waals surface area contributed by atoms with Gasteiger partial charge in [-0.1, -0.05) is 26.8 Å². The van der Waals surface area contributed by atoms with Crippen LogP contribution in [0, 0.1) is 11.3 Å². The second-order valence-corrected chi connectivity index (χ2v) is 6.39. The Morgan fingerprint density at radius 1 is 1.44 bits per heavy atom. The van der Waals surface area contributed by atoms with Crippen LogP contribution in [0.25, 0.3) is 0 Å². The van der Waals surface area contributed by atoms with E-state index in [1.807, 2.05) is 12.1 Å². The summed E-state index contributed by atoms with van der Waals surface area (Å²) in [5.74, 6) is 1.32. The maximum atomic E-state index is 6.04. The summed E-state index contributed by atoms with van der Waals surface area (Å²) >= 11 is 0. The third kappa shape index (κ3) is 3.45. The van der Waals surface area contributed by atoms with Crippen LogP contribution in [0.5, 0.6) is 0 Å². The zero-order valence-electron chi connectivity index (χ0n) is 11.6. The molecule has 1 saturated carbocycles. The van der Waals surface area contributed by atoms with Crippen LogP contribution in [0.4, 0.5) is 5.82 Å². The molecule has 1 aromatic heterocycles. The first-order chi connectivity index (χ1) is 8.46. The van der Waals surface area contributed by atoms with Crippen molar-refractivity contribution < 1.29 is 4.74 Å². The highest BCUT2D eigenvalue weighted by Crippen LogP contribution is 2.39. The highest BCUT2D eigenvalue weighted by Gasteiger charge is 2.32. The van der Waals surface area contributed by atoms with Gasteiger partial charge in [-0.3, -0.25) is 0 Å². The highest BCUT2D eigenvalue weighted by molar-refractivity contribution is 5.37. The molecule has 1 heterocycles. The molecule has 3 heteroatoms. The minimum Gasteiger partial charge on any atom is -0.383 e. The summed E-state index contributed by atoms with van der Waals surface area (Å²) in [6, 6.07) is 3.89. The molecule has 2 atom stereocenters. The normalized spacial score (nSPS) is 27.1. The number of rotatable bonds is 3. The largest absolute Gasteiger partial charge is 0.383 e. The van der Waals surface area contributed by atoms with Gasteiger partial charge in [0.1, 0.15) is 5.82 Å². The van der Waals surface area contributed by atoms with E-state index in [0.29, 0.717) is 23.9 Å². The first-order valence-corrected chi connectivity index (χ1v) is 6.77. The van der Waals surface area contributed by atoms with Gasteiger partial charge >= 0.3 is 0 Å². The topological polar surface area (TPSA) is 48.1 Å². The summed E-state index contributed by atoms with van der Waals surface area (Å²) in [5, 5.41) is 0. The van der Waals surface area contributed by atoms with Gasteiger partial charge in [-0.05, 0) is 36.7 Å². The Balaban J connectivity index is 1.92. The van der Waals surface area contributed by atoms with Crippen LogP contribution in [-0.2, 0) is 11.3 Å². The molecule has 1 fully saturated rings. The Bertz CT molecular complexity index is 403. The lowest BCUT2D eigenvalue weighted by molar-refractivity contribution is -0.0314. The predicted octanol–water partition coefficient (Wildman–Crippen LogP) is 3.40. The van der Waals surface area contributed by atoms with Gasteiger partial charge in [-0.2, -0.15) is 0 Å². The summed E-state index contributed by atoms with van der Waals surface area (Å²) in [7, 11) is 0. The van der Waals surface area contributed by atoms with Crippen LogP contribution in [0.1, 0.15) is 45.6 Å². The summed E-state index contributed by atoms with van der Waals surface area (Å²) in [5.41, 5.74) is 7.21. The maximum absolute atomic E-state index is 6.04. The predicted molar refractivity (Wildman–Crippen MR) is 74.0 cm³/mol. The number of aromatic nitrogens is 1. The Kier molecular flexibility index (Phi) is 3.91. The molecular weight excluding hydrogens is 224 g/mol. The number of nitrogens with zero attached hydrogens (tertiary/aromatic N) is 1. The minimum absolute atomic E-state index is 0.350. The Morgan fingerprint density at radius 3 is 2.89 bits per heavy atom. The monoisotopic (exact) mass is 248 g/mol. The number of nitrogens with two attached hydrogens (primary N) is 1. The van der Waals surface area contributed by atoms with Crippen LogP contribution in [0.2, 0.25) is 0 Å². The van der Waals surface area contributed by atoms with Crippen LogP contribution >= 0.6 is 0 Å². The SMILES string of the molecule is CC1CC(OCc2cccnc2N)CC(C)(C)C1. The van der Waals surface area contributed by atoms with Crippen molar-refractivity contribution in [2.24, 2.45) is 11.3 Å². The van der Waals surface area contributed by atoms with E-state index in [9.17, 15) is 0 Å². The lowest BCUT2D eigenvalue weighted by Gasteiger charge is -2.38. The minimum atomic E-state index is 0.350. The first kappa shape index (κ1) is 13.3. The van der Waals surface area contributed by atoms with Gasteiger partial charge in [0.25, 0.3) is 0 Å². The van der Waals surface area contributed by atoms with Gasteiger partial charge < -0.3 is 10.5 Å². The molecule has 18 heavy (non-hydrogen) atoms. The molecule has 1 aliphatic carbocycles. The fraction of sp³-hybridized carbons (Fsp3) is 0.667. The van der Waals surface area contributed by atoms with Gasteiger partial charge in [0, 0.05) is 11.8 Å². The Hall–Kier alpha value is -1.09. The lowest BCUT2D eigenvalue weighted by Crippen LogP contribution is -2.32. The number of ether oxygens (including phenoxy) is 1. The van der Waals surface area contributed by atoms with E-state index >= 15 is 0 Å². The molecule has 0 aromatic carbocycles. The second-order valence-electron chi connectivity index (χ2n) is 6.39. The molecule has 0 bridgehead atoms. The van der Waals surface area contributed by atoms with Gasteiger partial charge in [-0.15, -0.1) is 0 Å². The number of nitrogen functional groups attached to an aromatic ring is 1. The van der Waals surface area contributed by atoms with Gasteiger partial charge in [-0.25, -0.2) is 4.98 Å². The number of hydrogen-bond acceptors (Lipinski definition) is 3. The average molecular weight is 248 g/mol. The van der Waals surface area contributed by atoms with Crippen molar-refractivity contribution >= 4 is 5.82 Å². The molecule has 0 aliphatic heterocycles. The van der Waals surface area contributed by atoms with Crippen molar-refractivity contribution in [1.29, 1.82) is 0 Å². The summed E-state index contributed by atoms with van der Waals surface area (Å²) in [6.07, 6.45) is 5.65. The fourth-order valence-corrected chi connectivity index (χ4v) is 3.17. The Morgan fingerprint density at radius 2 is 2.22 bits per heavy atom. The molecule has 0 spiro atoms. The molecule has 1 aliphatic rings. The first-order valence-electron chi connectivity index (χ1n) is 6.77. The zero-order chi connectivity index (χ0) is 13.2. The highest BCUT2D eigenvalue weighted by atomic mass is 16.5. The van der Waals surface area contributed by atoms with Gasteiger partial charge in [0.05, 0.1) is 12.7 Å². The Labute approximate surface area is 110 Å². The van der Waals surface area contributed by atoms with Crippen LogP contribution in [-0.4, -0.2) is 11.1 Å². The molecule has 2 rings (SSSR count). The summed E-state index contributed by atoms with van der Waals surface area (Å²) in [6.45, 7) is 7.55. The third-order valence-corrected chi connectivity index (χ3v) is 3.75. The van der Waals surface area contributed by atoms with E-state index in [1.165, 1.54) is 6.42 Å². The summed E-state index contributed by atoms with van der Waals surface area (Å²) < 4.78 is 6.04. The van der Waals surface area contributed by atoms with Gasteiger partial charge in [0.2, 0.25) is 0 Å². The molecule has 0 amide bonds. The molecular formula is C15H24N2O. The van der Waals surface area contributed by atoms with E-state index < -0.39 is 0 Å². The number of anilines is 1. The molecule has 2 unspecified atom stereocenters. The quantitative estimate of drug-likeness (QED) is 0.892. The smallest absolute Gasteiger partial charge is 0.128 e. The van der Waals surface area contributed by atoms with E-state index in [0.717, 1.165) is 24.3 Å². The lowest BCUT2D eigenvalue weighted by atomic mass is 9.71. The fourth-order valence-electron chi connectivity index (χ4n) is 3.17. The van der Waals surface area contributed by atoms with Crippen molar-refractivity contribution in [3.8, 4) is 0 Å². The van der Waals surface area contributed by atoms with Crippen molar-refractivity contribution in [3.63, 3.8) is 0 Å². The second kappa shape index (κ2) is 5.27. The van der Waals surface area contributed by atoms with Gasteiger partial charge in [0.15, 0.2) is 0 Å². The molecule has 0 saturated heterocycles. The van der Waals surface area contributed by atoms with Crippen molar-refractivity contribution in [1.82, 2.24) is 4.98 Å². The standard InChI is InChI=1S/C15H24N2O/c1-11-7-13(9-15(2,3)8-11)18-10-12-5-4-6-17-14(12)16/h4-6,11,13H,7-10H2,1-3H3,(H2,16,17). The van der Waals surface area contributed by atoms with E-state index in [4.69, 9.17) is 10.5 Å². The molecule has 100 valence electrons. The van der Waals surface area contributed by atoms with Crippen molar-refractivity contribution in [2.45, 2.75) is 52.7 Å². The average Bonchev–Trinajstić information content (AvgIpc) is 2.25. The van der Waals surface area contributed by atoms with Crippen molar-refractivity contribution in [2.75, 3.05) is 5.73 Å². The van der Waals surface area contributed by atoms with E-state index in [-0.39, 0.29) is 0 Å². The molecule has 2 N–H and O–H groups in total. The van der Waals surface area contributed by atoms with Crippen LogP contribution < -0.4 is 5.73 Å². The van der Waals surface area contributed by atoms with Crippen molar-refractivity contribution in [3.05, 3.63) is 23.9 Å². The third-order valence-electron chi connectivity index (χ3n) is 3.75. The van der Waals surface area contributed by atoms with E-state index in [2.05, 4.69) is 25.8 Å². The summed E-state index contributed by atoms with van der Waals surface area (Å²) in [4.78, 5) is 4.08. The van der Waals surface area contributed by atoms with E-state index in [1.54, 1.807) is 6.20 Å². The van der Waals surface area contributed by atoms with Crippen LogP contribution in [0.15, 0.2) is 18.3 Å². The molecule has 0 radical (unpaired) electrons. The maximum Gasteiger partial charge on any atom is 0.128 e. The molecule has 1 aromatic rings. The zero-order valence-corrected chi connectivity index (χ0v) is 11.6. The number of pyridine rings is 1. The molecule has 3 nitrogen and oxygen atoms in total. The number of hydrogen-bond donors (Lipinski definition) is 1.